The highest BCUT2D eigenvalue weighted by Crippen LogP contribution is 2.25. The molecule has 154 valence electrons. The Hall–Kier alpha value is -2.31. The summed E-state index contributed by atoms with van der Waals surface area (Å²) in [6.45, 7) is 4.72. The molecular formula is C21H31N3O4. The summed E-state index contributed by atoms with van der Waals surface area (Å²) < 4.78 is 4.81. The van der Waals surface area contributed by atoms with Gasteiger partial charge in [0.05, 0.1) is 12.7 Å². The number of carbonyl (C=O) groups is 3. The topological polar surface area (TPSA) is 91.5 Å². The molecule has 0 aromatic carbocycles. The van der Waals surface area contributed by atoms with Crippen molar-refractivity contribution in [1.29, 1.82) is 0 Å². The van der Waals surface area contributed by atoms with Gasteiger partial charge in [-0.3, -0.25) is 9.59 Å². The number of esters is 1. The number of ether oxygens (including phenoxy) is 1. The van der Waals surface area contributed by atoms with Gasteiger partial charge in [0, 0.05) is 30.7 Å². The molecule has 1 aliphatic heterocycles. The number of aromatic nitrogens is 1. The molecular weight excluding hydrogens is 358 g/mol. The van der Waals surface area contributed by atoms with Gasteiger partial charge in [0.15, 0.2) is 0 Å². The van der Waals surface area contributed by atoms with E-state index in [0.29, 0.717) is 35.6 Å². The van der Waals surface area contributed by atoms with Crippen LogP contribution in [0.4, 0.5) is 0 Å². The summed E-state index contributed by atoms with van der Waals surface area (Å²) in [7, 11) is 1.34. The molecule has 1 aromatic rings. The lowest BCUT2D eigenvalue weighted by Gasteiger charge is -2.33. The molecule has 7 nitrogen and oxygen atoms in total. The smallest absolute Gasteiger partial charge is 0.339 e. The number of hydrogen-bond acceptors (Lipinski definition) is 4. The Labute approximate surface area is 166 Å². The minimum atomic E-state index is -0.436. The van der Waals surface area contributed by atoms with Crippen molar-refractivity contribution in [2.75, 3.05) is 20.2 Å². The zero-order valence-corrected chi connectivity index (χ0v) is 17.1. The number of amides is 2. The van der Waals surface area contributed by atoms with E-state index >= 15 is 0 Å². The molecule has 28 heavy (non-hydrogen) atoms. The Morgan fingerprint density at radius 3 is 2.29 bits per heavy atom. The normalized spacial score (nSPS) is 18.8. The molecule has 2 aliphatic rings. The quantitative estimate of drug-likeness (QED) is 0.775. The monoisotopic (exact) mass is 389 g/mol. The van der Waals surface area contributed by atoms with E-state index in [1.54, 1.807) is 18.7 Å². The van der Waals surface area contributed by atoms with Crippen LogP contribution in [-0.2, 0) is 9.53 Å². The average Bonchev–Trinajstić information content (AvgIpc) is 3.02. The molecule has 2 fully saturated rings. The lowest BCUT2D eigenvalue weighted by Crippen LogP contribution is -2.48. The number of rotatable bonds is 4. The van der Waals surface area contributed by atoms with Crippen molar-refractivity contribution in [2.24, 2.45) is 5.92 Å². The lowest BCUT2D eigenvalue weighted by atomic mass is 9.88. The van der Waals surface area contributed by atoms with Gasteiger partial charge >= 0.3 is 5.97 Å². The lowest BCUT2D eigenvalue weighted by molar-refractivity contribution is -0.126. The molecule has 0 unspecified atom stereocenters. The number of aromatic amines is 1. The number of nitrogens with one attached hydrogen (secondary N) is 2. The van der Waals surface area contributed by atoms with Crippen LogP contribution in [0.15, 0.2) is 0 Å². The minimum absolute atomic E-state index is 0.104. The first-order chi connectivity index (χ1) is 13.4. The third-order valence-electron chi connectivity index (χ3n) is 6.15. The van der Waals surface area contributed by atoms with Gasteiger partial charge in [-0.1, -0.05) is 19.3 Å². The fourth-order valence-corrected chi connectivity index (χ4v) is 4.44. The van der Waals surface area contributed by atoms with Crippen molar-refractivity contribution in [3.8, 4) is 0 Å². The zero-order chi connectivity index (χ0) is 20.3. The highest BCUT2D eigenvalue weighted by Gasteiger charge is 2.30. The third kappa shape index (κ3) is 4.23. The molecule has 1 aromatic heterocycles. The first-order valence-electron chi connectivity index (χ1n) is 10.3. The standard InChI is InChI=1S/C21H31N3O4/c1-13-17(21(27)28-3)14(2)22-18(13)20(26)24-11-9-16(10-12-24)23-19(25)15-7-5-4-6-8-15/h15-16,22H,4-12H2,1-3H3,(H,23,25). The van der Waals surface area contributed by atoms with E-state index in [4.69, 9.17) is 4.74 Å². The van der Waals surface area contributed by atoms with Crippen LogP contribution in [0.2, 0.25) is 0 Å². The first-order valence-corrected chi connectivity index (χ1v) is 10.3. The van der Waals surface area contributed by atoms with Gasteiger partial charge in [0.2, 0.25) is 5.91 Å². The molecule has 1 saturated carbocycles. The van der Waals surface area contributed by atoms with Gasteiger partial charge in [0.25, 0.3) is 5.91 Å². The van der Waals surface area contributed by atoms with E-state index in [-0.39, 0.29) is 23.8 Å². The molecule has 2 N–H and O–H groups in total. The van der Waals surface area contributed by atoms with Crippen molar-refractivity contribution < 1.29 is 19.1 Å². The van der Waals surface area contributed by atoms with Crippen LogP contribution in [0.3, 0.4) is 0 Å². The number of H-pyrrole nitrogens is 1. The van der Waals surface area contributed by atoms with Crippen LogP contribution >= 0.6 is 0 Å². The fourth-order valence-electron chi connectivity index (χ4n) is 4.44. The average molecular weight is 389 g/mol. The van der Waals surface area contributed by atoms with Crippen LogP contribution in [0, 0.1) is 19.8 Å². The molecule has 2 amide bonds. The number of piperidine rings is 1. The Kier molecular flexibility index (Phi) is 6.42. The third-order valence-corrected chi connectivity index (χ3v) is 6.15. The fraction of sp³-hybridized carbons (Fsp3) is 0.667. The SMILES string of the molecule is COC(=O)c1c(C)[nH]c(C(=O)N2CCC(NC(=O)C3CCCCC3)CC2)c1C. The van der Waals surface area contributed by atoms with Gasteiger partial charge in [-0.05, 0) is 45.1 Å². The summed E-state index contributed by atoms with van der Waals surface area (Å²) in [5.41, 5.74) is 2.15. The molecule has 0 spiro atoms. The second-order valence-electron chi connectivity index (χ2n) is 8.03. The maximum Gasteiger partial charge on any atom is 0.339 e. The Balaban J connectivity index is 1.57. The molecule has 0 atom stereocenters. The molecule has 0 bridgehead atoms. The zero-order valence-electron chi connectivity index (χ0n) is 17.1. The Bertz CT molecular complexity index is 741. The van der Waals surface area contributed by atoms with Gasteiger partial charge < -0.3 is 19.9 Å². The molecule has 1 aliphatic carbocycles. The van der Waals surface area contributed by atoms with Crippen molar-refractivity contribution in [3.05, 3.63) is 22.5 Å². The number of methoxy groups -OCH3 is 1. The van der Waals surface area contributed by atoms with Crippen molar-refractivity contribution in [1.82, 2.24) is 15.2 Å². The molecule has 2 heterocycles. The summed E-state index contributed by atoms with van der Waals surface area (Å²) in [5.74, 6) is -0.194. The Morgan fingerprint density at radius 1 is 1.04 bits per heavy atom. The van der Waals surface area contributed by atoms with Crippen LogP contribution in [0.1, 0.15) is 77.0 Å². The van der Waals surface area contributed by atoms with Gasteiger partial charge in [0.1, 0.15) is 5.69 Å². The Morgan fingerprint density at radius 2 is 1.68 bits per heavy atom. The van der Waals surface area contributed by atoms with E-state index in [1.165, 1.54) is 13.5 Å². The van der Waals surface area contributed by atoms with Gasteiger partial charge in [-0.15, -0.1) is 0 Å². The second-order valence-corrected chi connectivity index (χ2v) is 8.03. The molecule has 0 radical (unpaired) electrons. The maximum atomic E-state index is 12.9. The van der Waals surface area contributed by atoms with E-state index in [2.05, 4.69) is 10.3 Å². The predicted octanol–water partition coefficient (Wildman–Crippen LogP) is 2.72. The molecule has 3 rings (SSSR count). The van der Waals surface area contributed by atoms with Crippen molar-refractivity contribution in [3.63, 3.8) is 0 Å². The molecule has 1 saturated heterocycles. The van der Waals surface area contributed by atoms with Crippen LogP contribution in [0.25, 0.3) is 0 Å². The van der Waals surface area contributed by atoms with E-state index in [0.717, 1.165) is 38.5 Å². The second kappa shape index (κ2) is 8.80. The number of hydrogen-bond donors (Lipinski definition) is 2. The molecule has 7 heteroatoms. The minimum Gasteiger partial charge on any atom is -0.465 e. The van der Waals surface area contributed by atoms with Crippen LogP contribution in [-0.4, -0.2) is 53.9 Å². The highest BCUT2D eigenvalue weighted by molar-refractivity contribution is 6.00. The van der Waals surface area contributed by atoms with Crippen LogP contribution in [0.5, 0.6) is 0 Å². The number of carbonyl (C=O) groups excluding carboxylic acids is 3. The summed E-state index contributed by atoms with van der Waals surface area (Å²) in [5, 5.41) is 3.19. The van der Waals surface area contributed by atoms with E-state index in [9.17, 15) is 14.4 Å². The van der Waals surface area contributed by atoms with Crippen molar-refractivity contribution in [2.45, 2.75) is 64.8 Å². The number of nitrogens with zero attached hydrogens (tertiary/aromatic N) is 1. The van der Waals surface area contributed by atoms with Gasteiger partial charge in [-0.25, -0.2) is 4.79 Å². The van der Waals surface area contributed by atoms with E-state index in [1.807, 2.05) is 0 Å². The number of aryl methyl sites for hydroxylation is 1. The maximum absolute atomic E-state index is 12.9. The van der Waals surface area contributed by atoms with Crippen molar-refractivity contribution >= 4 is 17.8 Å². The highest BCUT2D eigenvalue weighted by atomic mass is 16.5. The summed E-state index contributed by atoms with van der Waals surface area (Å²) in [4.78, 5) is 42.1. The largest absolute Gasteiger partial charge is 0.465 e. The van der Waals surface area contributed by atoms with Crippen LogP contribution < -0.4 is 5.32 Å². The summed E-state index contributed by atoms with van der Waals surface area (Å²) in [6, 6.07) is 0.135. The summed E-state index contributed by atoms with van der Waals surface area (Å²) in [6.07, 6.45) is 7.04. The summed E-state index contributed by atoms with van der Waals surface area (Å²) >= 11 is 0. The number of likely N-dealkylation sites (tertiary alicyclic amines) is 1. The van der Waals surface area contributed by atoms with Gasteiger partial charge in [-0.2, -0.15) is 0 Å². The van der Waals surface area contributed by atoms with E-state index < -0.39 is 5.97 Å². The first kappa shape index (κ1) is 20.4. The predicted molar refractivity (Wildman–Crippen MR) is 105 cm³/mol.